The number of aliphatic hydroxyl groups is 1. The zero-order valence-corrected chi connectivity index (χ0v) is 13.8. The number of aliphatic hydroxyl groups excluding tert-OH is 1. The topological polar surface area (TPSA) is 97.4 Å². The van der Waals surface area contributed by atoms with Crippen molar-refractivity contribution in [3.63, 3.8) is 0 Å². The number of aryl methyl sites for hydroxylation is 1. The molecule has 2 heterocycles. The van der Waals surface area contributed by atoms with E-state index in [9.17, 15) is 14.7 Å². The van der Waals surface area contributed by atoms with Crippen LogP contribution in [0.1, 0.15) is 16.1 Å². The predicted octanol–water partition coefficient (Wildman–Crippen LogP) is 1.11. The van der Waals surface area contributed by atoms with E-state index in [4.69, 9.17) is 4.42 Å². The molecule has 0 saturated heterocycles. The number of fused-ring (bicyclic) bond motifs is 1. The van der Waals surface area contributed by atoms with Crippen molar-refractivity contribution in [3.8, 4) is 0 Å². The molecule has 0 aliphatic carbocycles. The largest absolute Gasteiger partial charge is 0.419 e. The number of benzene rings is 1. The normalized spacial score (nSPS) is 12.2. The van der Waals surface area contributed by atoms with Crippen LogP contribution in [0, 0.1) is 5.92 Å². The highest BCUT2D eigenvalue weighted by molar-refractivity contribution is 6.04. The van der Waals surface area contributed by atoms with Crippen LogP contribution in [0.4, 0.5) is 0 Å². The van der Waals surface area contributed by atoms with Crippen LogP contribution < -0.4 is 11.1 Å². The molecule has 0 aliphatic rings. The average Bonchev–Trinajstić information content (AvgIpc) is 2.93. The number of pyridine rings is 1. The van der Waals surface area contributed by atoms with Gasteiger partial charge >= 0.3 is 5.76 Å². The summed E-state index contributed by atoms with van der Waals surface area (Å²) in [7, 11) is 1.59. The van der Waals surface area contributed by atoms with Crippen molar-refractivity contribution in [2.45, 2.75) is 6.42 Å². The van der Waals surface area contributed by atoms with Crippen molar-refractivity contribution in [3.05, 3.63) is 64.4 Å². The van der Waals surface area contributed by atoms with Gasteiger partial charge in [0.25, 0.3) is 5.91 Å². The summed E-state index contributed by atoms with van der Waals surface area (Å²) >= 11 is 0. The zero-order chi connectivity index (χ0) is 17.8. The highest BCUT2D eigenvalue weighted by Crippen LogP contribution is 2.17. The van der Waals surface area contributed by atoms with Gasteiger partial charge in [-0.1, -0.05) is 12.1 Å². The van der Waals surface area contributed by atoms with E-state index in [-0.39, 0.29) is 24.0 Å². The molecular formula is C18H19N3O4. The Morgan fingerprint density at radius 2 is 2.16 bits per heavy atom. The fraction of sp³-hybridized carbons (Fsp3) is 0.278. The smallest absolute Gasteiger partial charge is 0.407 e. The number of amides is 1. The lowest BCUT2D eigenvalue weighted by Crippen LogP contribution is -2.32. The Hall–Kier alpha value is -2.93. The maximum absolute atomic E-state index is 12.5. The van der Waals surface area contributed by atoms with E-state index in [2.05, 4.69) is 10.3 Å². The summed E-state index contributed by atoms with van der Waals surface area (Å²) < 4.78 is 6.52. The van der Waals surface area contributed by atoms with Gasteiger partial charge in [0.1, 0.15) is 0 Å². The van der Waals surface area contributed by atoms with Crippen LogP contribution in [-0.4, -0.2) is 33.7 Å². The molecule has 0 fully saturated rings. The van der Waals surface area contributed by atoms with Gasteiger partial charge < -0.3 is 14.8 Å². The third-order valence-corrected chi connectivity index (χ3v) is 4.10. The minimum Gasteiger partial charge on any atom is -0.407 e. The Morgan fingerprint density at radius 3 is 2.88 bits per heavy atom. The highest BCUT2D eigenvalue weighted by Gasteiger charge is 2.17. The molecule has 1 aromatic carbocycles. The lowest BCUT2D eigenvalue weighted by Gasteiger charge is -2.14. The molecule has 2 N–H and O–H groups in total. The minimum atomic E-state index is -0.515. The Morgan fingerprint density at radius 1 is 1.32 bits per heavy atom. The summed E-state index contributed by atoms with van der Waals surface area (Å²) in [5, 5.41) is 12.3. The number of para-hydroxylation sites is 1. The number of carbonyl (C=O) groups excluding carboxylic acids is 1. The second-order valence-electron chi connectivity index (χ2n) is 5.86. The first kappa shape index (κ1) is 16.9. The number of hydrogen-bond donors (Lipinski definition) is 2. The number of aromatic nitrogens is 2. The van der Waals surface area contributed by atoms with Crippen LogP contribution in [0.3, 0.4) is 0 Å². The van der Waals surface area contributed by atoms with E-state index in [1.807, 2.05) is 18.2 Å². The Labute approximate surface area is 143 Å². The third kappa shape index (κ3) is 3.61. The summed E-state index contributed by atoms with van der Waals surface area (Å²) in [5.41, 5.74) is 1.97. The molecule has 0 aliphatic heterocycles. The summed E-state index contributed by atoms with van der Waals surface area (Å²) in [4.78, 5) is 28.4. The summed E-state index contributed by atoms with van der Waals surface area (Å²) in [6.45, 7) is 0.223. The number of hydrogen-bond acceptors (Lipinski definition) is 5. The third-order valence-electron chi connectivity index (χ3n) is 4.10. The van der Waals surface area contributed by atoms with Gasteiger partial charge in [-0.2, -0.15) is 0 Å². The molecule has 0 saturated carbocycles. The van der Waals surface area contributed by atoms with Crippen molar-refractivity contribution >= 4 is 17.0 Å². The first-order chi connectivity index (χ1) is 12.1. The highest BCUT2D eigenvalue weighted by atomic mass is 16.4. The number of oxazole rings is 1. The second kappa shape index (κ2) is 7.31. The first-order valence-electron chi connectivity index (χ1n) is 7.97. The molecule has 7 heteroatoms. The summed E-state index contributed by atoms with van der Waals surface area (Å²) in [6, 6.07) is 10.6. The maximum atomic E-state index is 12.5. The molecule has 3 aromatic rings. The van der Waals surface area contributed by atoms with Crippen LogP contribution in [0.25, 0.3) is 11.1 Å². The molecule has 1 atom stereocenters. The SMILES string of the molecule is Cn1c(=O)oc2c(C(=O)NCC(CO)Cc3ccccn3)cccc21. The second-order valence-corrected chi connectivity index (χ2v) is 5.86. The Balaban J connectivity index is 1.72. The number of nitrogens with one attached hydrogen (secondary N) is 1. The monoisotopic (exact) mass is 341 g/mol. The fourth-order valence-electron chi connectivity index (χ4n) is 2.68. The van der Waals surface area contributed by atoms with Gasteiger partial charge in [0.2, 0.25) is 0 Å². The number of nitrogens with zero attached hydrogens (tertiary/aromatic N) is 2. The van der Waals surface area contributed by atoms with Crippen molar-refractivity contribution in [2.75, 3.05) is 13.2 Å². The van der Waals surface area contributed by atoms with Gasteiger partial charge in [0.05, 0.1) is 11.1 Å². The maximum Gasteiger partial charge on any atom is 0.419 e. The van der Waals surface area contributed by atoms with E-state index < -0.39 is 5.76 Å². The fourth-order valence-corrected chi connectivity index (χ4v) is 2.68. The molecular weight excluding hydrogens is 322 g/mol. The average molecular weight is 341 g/mol. The summed E-state index contributed by atoms with van der Waals surface area (Å²) in [5.74, 6) is -1.01. The van der Waals surface area contributed by atoms with E-state index in [1.54, 1.807) is 31.4 Å². The van der Waals surface area contributed by atoms with Gasteiger partial charge in [-0.05, 0) is 30.7 Å². The Bertz CT molecular complexity index is 930. The van der Waals surface area contributed by atoms with Gasteiger partial charge in [0, 0.05) is 38.0 Å². The van der Waals surface area contributed by atoms with E-state index in [1.165, 1.54) is 4.57 Å². The van der Waals surface area contributed by atoms with Crippen LogP contribution in [0.15, 0.2) is 51.8 Å². The van der Waals surface area contributed by atoms with Crippen molar-refractivity contribution < 1.29 is 14.3 Å². The van der Waals surface area contributed by atoms with Gasteiger partial charge in [-0.3, -0.25) is 14.3 Å². The predicted molar refractivity (Wildman–Crippen MR) is 92.3 cm³/mol. The molecule has 7 nitrogen and oxygen atoms in total. The van der Waals surface area contributed by atoms with Crippen LogP contribution in [-0.2, 0) is 13.5 Å². The molecule has 0 radical (unpaired) electrons. The summed E-state index contributed by atoms with van der Waals surface area (Å²) in [6.07, 6.45) is 2.25. The molecule has 2 aromatic heterocycles. The zero-order valence-electron chi connectivity index (χ0n) is 13.8. The van der Waals surface area contributed by atoms with Gasteiger partial charge in [-0.25, -0.2) is 4.79 Å². The molecule has 130 valence electrons. The van der Waals surface area contributed by atoms with Crippen molar-refractivity contribution in [2.24, 2.45) is 13.0 Å². The van der Waals surface area contributed by atoms with Crippen molar-refractivity contribution in [1.82, 2.24) is 14.9 Å². The number of carbonyl (C=O) groups is 1. The standard InChI is InChI=1S/C18H19N3O4/c1-21-15-7-4-6-14(16(15)25-18(21)24)17(23)20-10-12(11-22)9-13-5-2-3-8-19-13/h2-8,12,22H,9-11H2,1H3,(H,20,23). The van der Waals surface area contributed by atoms with E-state index in [0.717, 1.165) is 5.69 Å². The quantitative estimate of drug-likeness (QED) is 0.700. The van der Waals surface area contributed by atoms with Gasteiger partial charge in [0.15, 0.2) is 5.58 Å². The molecule has 1 amide bonds. The van der Waals surface area contributed by atoms with Crippen LogP contribution in [0.2, 0.25) is 0 Å². The lowest BCUT2D eigenvalue weighted by atomic mass is 10.0. The molecule has 25 heavy (non-hydrogen) atoms. The van der Waals surface area contributed by atoms with E-state index in [0.29, 0.717) is 24.0 Å². The number of rotatable bonds is 6. The lowest BCUT2D eigenvalue weighted by molar-refractivity contribution is 0.0940. The molecule has 0 bridgehead atoms. The molecule has 1 unspecified atom stereocenters. The van der Waals surface area contributed by atoms with Crippen molar-refractivity contribution in [1.29, 1.82) is 0 Å². The van der Waals surface area contributed by atoms with Gasteiger partial charge in [-0.15, -0.1) is 0 Å². The molecule has 3 rings (SSSR count). The first-order valence-corrected chi connectivity index (χ1v) is 7.97. The van der Waals surface area contributed by atoms with Crippen LogP contribution >= 0.6 is 0 Å². The minimum absolute atomic E-state index is 0.0680. The molecule has 0 spiro atoms. The van der Waals surface area contributed by atoms with E-state index >= 15 is 0 Å². The Kier molecular flexibility index (Phi) is 4.95. The van der Waals surface area contributed by atoms with Crippen LogP contribution in [0.5, 0.6) is 0 Å².